The Labute approximate surface area is 167 Å². The Morgan fingerprint density at radius 1 is 1.29 bits per heavy atom. The first-order valence-electron chi connectivity index (χ1n) is 8.98. The van der Waals surface area contributed by atoms with Crippen LogP contribution in [-0.2, 0) is 17.9 Å². The highest BCUT2D eigenvalue weighted by atomic mass is 32.1. The van der Waals surface area contributed by atoms with Crippen LogP contribution in [0.1, 0.15) is 17.7 Å². The van der Waals surface area contributed by atoms with Crippen LogP contribution in [0.25, 0.3) is 16.0 Å². The lowest BCUT2D eigenvalue weighted by molar-refractivity contribution is -0.122. The Bertz CT molecular complexity index is 1200. The molecule has 0 atom stereocenters. The molecule has 1 aliphatic rings. The summed E-state index contributed by atoms with van der Waals surface area (Å²) in [6, 6.07) is 3.88. The van der Waals surface area contributed by atoms with Crippen molar-refractivity contribution in [3.63, 3.8) is 0 Å². The molecule has 1 amide bonds. The van der Waals surface area contributed by atoms with Gasteiger partial charge in [0.1, 0.15) is 17.6 Å². The topological polar surface area (TPSA) is 97.4 Å². The monoisotopic (exact) mass is 415 g/mol. The zero-order valence-corrected chi connectivity index (χ0v) is 16.5. The van der Waals surface area contributed by atoms with E-state index in [1.165, 1.54) is 26.7 Å². The molecule has 4 aromatic heterocycles. The van der Waals surface area contributed by atoms with Gasteiger partial charge in [-0.05, 0) is 24.3 Å². The van der Waals surface area contributed by atoms with Crippen molar-refractivity contribution in [3.8, 4) is 0 Å². The van der Waals surface area contributed by atoms with E-state index >= 15 is 0 Å². The van der Waals surface area contributed by atoms with E-state index in [1.54, 1.807) is 11.3 Å². The summed E-state index contributed by atoms with van der Waals surface area (Å²) in [6.07, 6.45) is 3.75. The van der Waals surface area contributed by atoms with Crippen molar-refractivity contribution in [3.05, 3.63) is 39.2 Å². The van der Waals surface area contributed by atoms with E-state index in [0.29, 0.717) is 17.8 Å². The number of carbonyl (C=O) groups excluding carboxylic acids is 1. The summed E-state index contributed by atoms with van der Waals surface area (Å²) in [5.41, 5.74) is 0.689. The number of anilines is 1. The first-order valence-corrected chi connectivity index (χ1v) is 10.7. The summed E-state index contributed by atoms with van der Waals surface area (Å²) in [5.74, 6) is -0.259. The van der Waals surface area contributed by atoms with Crippen LogP contribution >= 0.6 is 22.7 Å². The number of hydrogen-bond acceptors (Lipinski definition) is 8. The fourth-order valence-corrected chi connectivity index (χ4v) is 4.95. The Balaban J connectivity index is 1.43. The van der Waals surface area contributed by atoms with Crippen LogP contribution in [0.4, 0.5) is 5.13 Å². The molecular formula is C17H17N7O2S2. The quantitative estimate of drug-likeness (QED) is 0.530. The molecule has 1 saturated heterocycles. The molecule has 5 rings (SSSR count). The van der Waals surface area contributed by atoms with Crippen LogP contribution in [0.2, 0.25) is 0 Å². The highest BCUT2D eigenvalue weighted by molar-refractivity contribution is 7.22. The standard InChI is InChI=1S/C17H17N7O2S2/c25-12(18-8-11-4-3-7-27-11)9-24-17(26)23-10-19-14-13(15(23)21-24)28-16(20-14)22-5-1-2-6-22/h3-4,7,10H,1-2,5-6,8-9H2,(H,18,25). The van der Waals surface area contributed by atoms with Gasteiger partial charge >= 0.3 is 5.69 Å². The number of fused-ring (bicyclic) bond motifs is 3. The minimum Gasteiger partial charge on any atom is -0.350 e. The second kappa shape index (κ2) is 6.99. The lowest BCUT2D eigenvalue weighted by Gasteiger charge is -2.11. The zero-order valence-electron chi connectivity index (χ0n) is 14.9. The number of nitrogens with zero attached hydrogens (tertiary/aromatic N) is 6. The minimum absolute atomic E-state index is 0.134. The number of carbonyl (C=O) groups is 1. The van der Waals surface area contributed by atoms with Crippen LogP contribution in [0.5, 0.6) is 0 Å². The largest absolute Gasteiger partial charge is 0.352 e. The van der Waals surface area contributed by atoms with E-state index < -0.39 is 0 Å². The van der Waals surface area contributed by atoms with Gasteiger partial charge in [-0.25, -0.2) is 18.9 Å². The molecule has 1 fully saturated rings. The zero-order chi connectivity index (χ0) is 19.1. The minimum atomic E-state index is -0.383. The summed E-state index contributed by atoms with van der Waals surface area (Å²) < 4.78 is 3.32. The number of amides is 1. The molecule has 0 unspecified atom stereocenters. The summed E-state index contributed by atoms with van der Waals surface area (Å²) >= 11 is 3.06. The highest BCUT2D eigenvalue weighted by Gasteiger charge is 2.20. The van der Waals surface area contributed by atoms with Gasteiger partial charge in [0.15, 0.2) is 16.4 Å². The Morgan fingerprint density at radius 3 is 2.93 bits per heavy atom. The number of nitrogens with one attached hydrogen (secondary N) is 1. The van der Waals surface area contributed by atoms with E-state index in [4.69, 9.17) is 0 Å². The molecule has 11 heteroatoms. The molecule has 5 heterocycles. The first-order chi connectivity index (χ1) is 13.7. The third kappa shape index (κ3) is 3.06. The third-order valence-electron chi connectivity index (χ3n) is 4.68. The van der Waals surface area contributed by atoms with Gasteiger partial charge in [0.25, 0.3) is 0 Å². The number of thiazole rings is 1. The maximum atomic E-state index is 12.6. The van der Waals surface area contributed by atoms with Crippen molar-refractivity contribution in [1.29, 1.82) is 0 Å². The van der Waals surface area contributed by atoms with E-state index in [1.807, 2.05) is 17.5 Å². The number of hydrogen-bond donors (Lipinski definition) is 1. The fraction of sp³-hybridized carbons (Fsp3) is 0.353. The van der Waals surface area contributed by atoms with Crippen LogP contribution < -0.4 is 15.9 Å². The van der Waals surface area contributed by atoms with E-state index in [0.717, 1.165) is 40.6 Å². The summed E-state index contributed by atoms with van der Waals surface area (Å²) in [7, 11) is 0. The molecule has 1 aliphatic heterocycles. The molecule has 0 spiro atoms. The molecule has 0 radical (unpaired) electrons. The van der Waals surface area contributed by atoms with Crippen molar-refractivity contribution < 1.29 is 4.79 Å². The predicted octanol–water partition coefficient (Wildman–Crippen LogP) is 1.48. The van der Waals surface area contributed by atoms with Crippen molar-refractivity contribution in [2.75, 3.05) is 18.0 Å². The van der Waals surface area contributed by atoms with Crippen LogP contribution in [0.3, 0.4) is 0 Å². The maximum Gasteiger partial charge on any atom is 0.352 e. The van der Waals surface area contributed by atoms with Crippen molar-refractivity contribution >= 4 is 49.7 Å². The van der Waals surface area contributed by atoms with Crippen molar-refractivity contribution in [2.24, 2.45) is 0 Å². The van der Waals surface area contributed by atoms with Gasteiger partial charge in [0.2, 0.25) is 5.91 Å². The van der Waals surface area contributed by atoms with E-state index in [9.17, 15) is 9.59 Å². The third-order valence-corrected chi connectivity index (χ3v) is 6.65. The SMILES string of the molecule is O=C(Cn1nc2c3sc(N4CCCC4)nc3ncn2c1=O)NCc1cccs1. The maximum absolute atomic E-state index is 12.6. The average Bonchev–Trinajstić information content (AvgIpc) is 3.47. The number of thiophene rings is 1. The second-order valence-corrected chi connectivity index (χ2v) is 8.59. The molecule has 9 nitrogen and oxygen atoms in total. The van der Waals surface area contributed by atoms with Crippen LogP contribution in [0, 0.1) is 0 Å². The van der Waals surface area contributed by atoms with E-state index in [2.05, 4.69) is 25.3 Å². The molecule has 4 aromatic rings. The van der Waals surface area contributed by atoms with Gasteiger partial charge in [-0.2, -0.15) is 4.98 Å². The molecule has 0 aliphatic carbocycles. The van der Waals surface area contributed by atoms with Gasteiger partial charge in [-0.1, -0.05) is 17.4 Å². The van der Waals surface area contributed by atoms with Crippen LogP contribution in [-0.4, -0.2) is 43.1 Å². The summed E-state index contributed by atoms with van der Waals surface area (Å²) in [6.45, 7) is 2.28. The Kier molecular flexibility index (Phi) is 4.32. The molecular weight excluding hydrogens is 398 g/mol. The number of rotatable bonds is 5. The molecule has 1 N–H and O–H groups in total. The molecule has 0 aromatic carbocycles. The highest BCUT2D eigenvalue weighted by Crippen LogP contribution is 2.31. The molecule has 28 heavy (non-hydrogen) atoms. The van der Waals surface area contributed by atoms with Gasteiger partial charge in [0.05, 0.1) is 6.54 Å². The van der Waals surface area contributed by atoms with E-state index in [-0.39, 0.29) is 18.1 Å². The molecule has 144 valence electrons. The van der Waals surface area contributed by atoms with Gasteiger partial charge in [-0.3, -0.25) is 4.79 Å². The smallest absolute Gasteiger partial charge is 0.350 e. The summed E-state index contributed by atoms with van der Waals surface area (Å²) in [5, 5.41) is 10.1. The summed E-state index contributed by atoms with van der Waals surface area (Å²) in [4.78, 5) is 37.0. The van der Waals surface area contributed by atoms with Gasteiger partial charge in [-0.15, -0.1) is 16.4 Å². The van der Waals surface area contributed by atoms with Crippen molar-refractivity contribution in [2.45, 2.75) is 25.9 Å². The van der Waals surface area contributed by atoms with Crippen LogP contribution in [0.15, 0.2) is 28.6 Å². The Morgan fingerprint density at radius 2 is 2.14 bits per heavy atom. The predicted molar refractivity (Wildman–Crippen MR) is 108 cm³/mol. The van der Waals surface area contributed by atoms with Gasteiger partial charge < -0.3 is 10.2 Å². The average molecular weight is 416 g/mol. The second-order valence-electron chi connectivity index (χ2n) is 6.58. The molecule has 0 bridgehead atoms. The normalized spacial score (nSPS) is 14.4. The lowest BCUT2D eigenvalue weighted by Crippen LogP contribution is -2.32. The first kappa shape index (κ1) is 17.3. The fourth-order valence-electron chi connectivity index (χ4n) is 3.26. The van der Waals surface area contributed by atoms with Crippen molar-refractivity contribution in [1.82, 2.24) is 29.5 Å². The Hall–Kier alpha value is -2.79. The lowest BCUT2D eigenvalue weighted by atomic mass is 10.4. The molecule has 0 saturated carbocycles. The van der Waals surface area contributed by atoms with Gasteiger partial charge in [0, 0.05) is 18.0 Å². The number of aromatic nitrogens is 5.